The molecule has 0 amide bonds. The van der Waals surface area contributed by atoms with Gasteiger partial charge in [-0.1, -0.05) is 12.8 Å². The minimum atomic E-state index is -0.716. The number of nitrogens with one attached hydrogen (secondary N) is 1. The highest BCUT2D eigenvalue weighted by Crippen LogP contribution is 2.28. The molecular formula is C19H27N3O5. The summed E-state index contributed by atoms with van der Waals surface area (Å²) in [5, 5.41) is 24.7. The average molecular weight is 377 g/mol. The molecule has 148 valence electrons. The highest BCUT2D eigenvalue weighted by Gasteiger charge is 2.31. The van der Waals surface area contributed by atoms with Gasteiger partial charge < -0.3 is 15.2 Å². The number of methoxy groups -OCH3 is 1. The molecule has 1 aliphatic heterocycles. The van der Waals surface area contributed by atoms with Gasteiger partial charge in [0.15, 0.2) is 0 Å². The Morgan fingerprint density at radius 2 is 1.96 bits per heavy atom. The van der Waals surface area contributed by atoms with Crippen molar-refractivity contribution in [2.24, 2.45) is 0 Å². The van der Waals surface area contributed by atoms with Crippen molar-refractivity contribution < 1.29 is 19.6 Å². The monoisotopic (exact) mass is 377 g/mol. The molecule has 1 aliphatic carbocycles. The van der Waals surface area contributed by atoms with Crippen LogP contribution in [0.4, 0.5) is 11.4 Å². The first-order valence-corrected chi connectivity index (χ1v) is 9.55. The molecule has 2 unspecified atom stereocenters. The van der Waals surface area contributed by atoms with Crippen LogP contribution in [0.25, 0.3) is 0 Å². The Morgan fingerprint density at radius 1 is 1.26 bits per heavy atom. The molecule has 8 heteroatoms. The summed E-state index contributed by atoms with van der Waals surface area (Å²) in [4.78, 5) is 24.8. The Bertz CT molecular complexity index is 688. The Labute approximate surface area is 158 Å². The lowest BCUT2D eigenvalue weighted by atomic mass is 9.89. The van der Waals surface area contributed by atoms with Crippen LogP contribution in [0.3, 0.4) is 0 Å². The van der Waals surface area contributed by atoms with Crippen molar-refractivity contribution in [1.82, 2.24) is 4.90 Å². The van der Waals surface area contributed by atoms with Gasteiger partial charge in [0.1, 0.15) is 5.56 Å². The highest BCUT2D eigenvalue weighted by molar-refractivity contribution is 5.95. The predicted octanol–water partition coefficient (Wildman–Crippen LogP) is 2.56. The highest BCUT2D eigenvalue weighted by atomic mass is 16.6. The van der Waals surface area contributed by atoms with E-state index in [0.29, 0.717) is 5.69 Å². The Kier molecular flexibility index (Phi) is 6.28. The number of hydrogen-bond donors (Lipinski definition) is 2. The SMILES string of the molecule is COC(=O)c1cc(NC2CCN(C3CCCCC3O)CC2)ccc1[N+](=O)[O-]. The van der Waals surface area contributed by atoms with Gasteiger partial charge in [-0.3, -0.25) is 15.0 Å². The summed E-state index contributed by atoms with van der Waals surface area (Å²) in [6.07, 6.45) is 5.87. The van der Waals surface area contributed by atoms with Crippen molar-refractivity contribution in [2.75, 3.05) is 25.5 Å². The van der Waals surface area contributed by atoms with Gasteiger partial charge in [0.25, 0.3) is 5.69 Å². The second-order valence-corrected chi connectivity index (χ2v) is 7.35. The van der Waals surface area contributed by atoms with E-state index in [0.717, 1.165) is 45.2 Å². The molecule has 2 N–H and O–H groups in total. The second-order valence-electron chi connectivity index (χ2n) is 7.35. The summed E-state index contributed by atoms with van der Waals surface area (Å²) in [6.45, 7) is 1.83. The lowest BCUT2D eigenvalue weighted by Crippen LogP contribution is -2.50. The second kappa shape index (κ2) is 8.67. The first kappa shape index (κ1) is 19.6. The summed E-state index contributed by atoms with van der Waals surface area (Å²) >= 11 is 0. The minimum absolute atomic E-state index is 0.0461. The van der Waals surface area contributed by atoms with Gasteiger partial charge in [-0.05, 0) is 37.8 Å². The molecule has 3 rings (SSSR count). The standard InChI is InChI=1S/C19H27N3O5/c1-27-19(24)15-12-14(6-7-16(15)22(25)26)20-13-8-10-21(11-9-13)17-4-2-3-5-18(17)23/h6-7,12-13,17-18,20,23H,2-5,8-11H2,1H3. The Balaban J connectivity index is 1.61. The maximum absolute atomic E-state index is 11.8. The van der Waals surface area contributed by atoms with Crippen LogP contribution in [0.15, 0.2) is 18.2 Å². The zero-order valence-electron chi connectivity index (χ0n) is 15.6. The van der Waals surface area contributed by atoms with Crippen LogP contribution in [-0.4, -0.2) is 59.3 Å². The van der Waals surface area contributed by atoms with Crippen LogP contribution in [0.5, 0.6) is 0 Å². The van der Waals surface area contributed by atoms with Gasteiger partial charge in [-0.25, -0.2) is 4.79 Å². The fourth-order valence-corrected chi connectivity index (χ4v) is 4.19. The van der Waals surface area contributed by atoms with Crippen molar-refractivity contribution >= 4 is 17.3 Å². The summed E-state index contributed by atoms with van der Waals surface area (Å²) in [5.41, 5.74) is 0.376. The molecule has 27 heavy (non-hydrogen) atoms. The molecule has 2 aliphatic rings. The summed E-state index contributed by atoms with van der Waals surface area (Å²) in [5.74, 6) is -0.716. The molecule has 1 aromatic rings. The van der Waals surface area contributed by atoms with Crippen LogP contribution in [0.2, 0.25) is 0 Å². The van der Waals surface area contributed by atoms with Crippen LogP contribution in [0.1, 0.15) is 48.9 Å². The van der Waals surface area contributed by atoms with E-state index in [1.54, 1.807) is 6.07 Å². The van der Waals surface area contributed by atoms with E-state index in [2.05, 4.69) is 15.0 Å². The number of nitro benzene ring substituents is 1. The number of aliphatic hydroxyl groups is 1. The van der Waals surface area contributed by atoms with E-state index in [9.17, 15) is 20.0 Å². The number of rotatable bonds is 5. The molecule has 2 fully saturated rings. The molecule has 0 aromatic heterocycles. The fourth-order valence-electron chi connectivity index (χ4n) is 4.19. The van der Waals surface area contributed by atoms with Gasteiger partial charge >= 0.3 is 5.97 Å². The van der Waals surface area contributed by atoms with Crippen molar-refractivity contribution in [3.8, 4) is 0 Å². The van der Waals surface area contributed by atoms with Crippen molar-refractivity contribution in [1.29, 1.82) is 0 Å². The number of esters is 1. The van der Waals surface area contributed by atoms with Gasteiger partial charge in [-0.15, -0.1) is 0 Å². The number of carbonyl (C=O) groups is 1. The van der Waals surface area contributed by atoms with E-state index < -0.39 is 10.9 Å². The summed E-state index contributed by atoms with van der Waals surface area (Å²) in [7, 11) is 1.21. The number of carbonyl (C=O) groups excluding carboxylic acids is 1. The van der Waals surface area contributed by atoms with Crippen LogP contribution >= 0.6 is 0 Å². The summed E-state index contributed by atoms with van der Waals surface area (Å²) in [6, 6.07) is 4.95. The molecule has 1 aromatic carbocycles. The maximum Gasteiger partial charge on any atom is 0.344 e. The average Bonchev–Trinajstić information content (AvgIpc) is 2.68. The number of aliphatic hydroxyl groups excluding tert-OH is 1. The van der Waals surface area contributed by atoms with Gasteiger partial charge in [0.05, 0.1) is 18.1 Å². The van der Waals surface area contributed by atoms with Crippen LogP contribution in [0, 0.1) is 10.1 Å². The summed E-state index contributed by atoms with van der Waals surface area (Å²) < 4.78 is 4.66. The number of anilines is 1. The quantitative estimate of drug-likeness (QED) is 0.461. The normalized spacial score (nSPS) is 24.4. The number of nitro groups is 1. The number of nitrogens with zero attached hydrogens (tertiary/aromatic N) is 2. The lowest BCUT2D eigenvalue weighted by molar-refractivity contribution is -0.385. The van der Waals surface area contributed by atoms with Gasteiger partial charge in [0, 0.05) is 36.9 Å². The first-order valence-electron chi connectivity index (χ1n) is 9.55. The molecule has 2 atom stereocenters. The molecule has 0 radical (unpaired) electrons. The molecule has 1 saturated heterocycles. The number of piperidine rings is 1. The van der Waals surface area contributed by atoms with E-state index in [4.69, 9.17) is 0 Å². The molecule has 8 nitrogen and oxygen atoms in total. The van der Waals surface area contributed by atoms with E-state index in [-0.39, 0.29) is 29.4 Å². The number of likely N-dealkylation sites (tertiary alicyclic amines) is 1. The zero-order chi connectivity index (χ0) is 19.4. The molecular weight excluding hydrogens is 350 g/mol. The zero-order valence-corrected chi connectivity index (χ0v) is 15.6. The van der Waals surface area contributed by atoms with Gasteiger partial charge in [-0.2, -0.15) is 0 Å². The minimum Gasteiger partial charge on any atom is -0.465 e. The Morgan fingerprint density at radius 3 is 2.59 bits per heavy atom. The molecule has 0 bridgehead atoms. The lowest BCUT2D eigenvalue weighted by Gasteiger charge is -2.41. The third-order valence-electron chi connectivity index (χ3n) is 5.66. The topological polar surface area (TPSA) is 105 Å². The number of benzene rings is 1. The molecule has 1 saturated carbocycles. The van der Waals surface area contributed by atoms with Crippen LogP contribution in [-0.2, 0) is 4.74 Å². The van der Waals surface area contributed by atoms with E-state index in [1.807, 2.05) is 0 Å². The fraction of sp³-hybridized carbons (Fsp3) is 0.632. The maximum atomic E-state index is 11.8. The van der Waals surface area contributed by atoms with Crippen molar-refractivity contribution in [3.05, 3.63) is 33.9 Å². The third-order valence-corrected chi connectivity index (χ3v) is 5.66. The predicted molar refractivity (Wildman–Crippen MR) is 101 cm³/mol. The van der Waals surface area contributed by atoms with Crippen LogP contribution < -0.4 is 5.32 Å². The largest absolute Gasteiger partial charge is 0.465 e. The van der Waals surface area contributed by atoms with Crippen molar-refractivity contribution in [2.45, 2.75) is 56.7 Å². The van der Waals surface area contributed by atoms with E-state index in [1.165, 1.54) is 25.7 Å². The third kappa shape index (κ3) is 4.56. The Hall–Kier alpha value is -2.19. The molecule has 1 heterocycles. The van der Waals surface area contributed by atoms with Crippen molar-refractivity contribution in [3.63, 3.8) is 0 Å². The number of hydrogen-bond acceptors (Lipinski definition) is 7. The smallest absolute Gasteiger partial charge is 0.344 e. The molecule has 0 spiro atoms. The van der Waals surface area contributed by atoms with Gasteiger partial charge in [0.2, 0.25) is 0 Å². The number of ether oxygens (including phenoxy) is 1. The first-order chi connectivity index (χ1) is 13.0. The van der Waals surface area contributed by atoms with E-state index >= 15 is 0 Å².